The van der Waals surface area contributed by atoms with Crippen molar-refractivity contribution < 1.29 is 4.79 Å². The van der Waals surface area contributed by atoms with E-state index in [1.807, 2.05) is 74.8 Å². The molecule has 1 aromatic heterocycles. The van der Waals surface area contributed by atoms with Gasteiger partial charge in [-0.25, -0.2) is 0 Å². The van der Waals surface area contributed by atoms with Crippen LogP contribution in [0.2, 0.25) is 0 Å². The molecular weight excluding hydrogens is 474 g/mol. The molecule has 3 aromatic carbocycles. The Bertz CT molecular complexity index is 1240. The average molecular weight is 504 g/mol. The number of benzene rings is 3. The van der Waals surface area contributed by atoms with Gasteiger partial charge in [-0.15, -0.1) is 10.2 Å². The van der Waals surface area contributed by atoms with Crippen molar-refractivity contribution in [1.29, 1.82) is 0 Å². The molecule has 0 radical (unpaired) electrons. The number of thioether (sulfide) groups is 1. The molecule has 4 rings (SSSR count). The molecule has 180 valence electrons. The van der Waals surface area contributed by atoms with Gasteiger partial charge in [-0.3, -0.25) is 9.69 Å². The Morgan fingerprint density at radius 2 is 1.60 bits per heavy atom. The molecule has 0 saturated heterocycles. The molecule has 1 atom stereocenters. The Kier molecular flexibility index (Phi) is 8.63. The predicted molar refractivity (Wildman–Crippen MR) is 144 cm³/mol. The summed E-state index contributed by atoms with van der Waals surface area (Å²) in [6.45, 7) is 2.76. The highest BCUT2D eigenvalue weighted by Gasteiger charge is 2.20. The van der Waals surface area contributed by atoms with Crippen LogP contribution in [-0.2, 0) is 11.3 Å². The third kappa shape index (κ3) is 6.75. The minimum atomic E-state index is -0.0763. The first kappa shape index (κ1) is 25.0. The van der Waals surface area contributed by atoms with E-state index in [4.69, 9.17) is 0 Å². The second-order valence-corrected chi connectivity index (χ2v) is 10.4. The first-order valence-corrected chi connectivity index (χ1v) is 13.2. The number of hydrogen-bond acceptors (Lipinski definition) is 6. The molecule has 8 heteroatoms. The topological polar surface area (TPSA) is 63.1 Å². The molecule has 0 spiro atoms. The third-order valence-corrected chi connectivity index (χ3v) is 7.59. The summed E-state index contributed by atoms with van der Waals surface area (Å²) in [6.07, 6.45) is 0. The number of hydrogen-bond donors (Lipinski definition) is 1. The lowest BCUT2D eigenvalue weighted by molar-refractivity contribution is -0.113. The number of para-hydroxylation sites is 1. The van der Waals surface area contributed by atoms with Gasteiger partial charge in [-0.1, -0.05) is 84.2 Å². The zero-order valence-electron chi connectivity index (χ0n) is 20.1. The van der Waals surface area contributed by atoms with Crippen LogP contribution < -0.4 is 5.32 Å². The van der Waals surface area contributed by atoms with Crippen LogP contribution in [0.25, 0.3) is 0 Å². The minimum Gasteiger partial charge on any atom is -0.324 e. The summed E-state index contributed by atoms with van der Waals surface area (Å²) in [5, 5.41) is 12.7. The van der Waals surface area contributed by atoms with E-state index in [2.05, 4.69) is 56.2 Å². The summed E-state index contributed by atoms with van der Waals surface area (Å²) in [6, 6.07) is 28.3. The quantitative estimate of drug-likeness (QED) is 0.275. The first-order valence-electron chi connectivity index (χ1n) is 11.4. The Hall–Kier alpha value is -3.07. The summed E-state index contributed by atoms with van der Waals surface area (Å²) < 4.78 is 2.11. The SMILES string of the molecule is C[C@@H](c1nnc(SCC(=O)Nc2ccccc2Sc2ccccc2)n1Cc1ccccc1)N(C)C. The maximum atomic E-state index is 12.9. The highest BCUT2D eigenvalue weighted by atomic mass is 32.2. The highest BCUT2D eigenvalue weighted by molar-refractivity contribution is 8.00. The smallest absolute Gasteiger partial charge is 0.234 e. The van der Waals surface area contributed by atoms with E-state index in [0.717, 1.165) is 32.0 Å². The zero-order chi connectivity index (χ0) is 24.6. The summed E-state index contributed by atoms with van der Waals surface area (Å²) in [5.74, 6) is 1.05. The molecule has 35 heavy (non-hydrogen) atoms. The lowest BCUT2D eigenvalue weighted by Crippen LogP contribution is -2.21. The third-order valence-electron chi connectivity index (χ3n) is 5.54. The van der Waals surface area contributed by atoms with Crippen LogP contribution in [0, 0.1) is 0 Å². The largest absolute Gasteiger partial charge is 0.324 e. The molecular formula is C27H29N5OS2. The molecule has 0 fully saturated rings. The van der Waals surface area contributed by atoms with Crippen LogP contribution >= 0.6 is 23.5 Å². The molecule has 1 heterocycles. The van der Waals surface area contributed by atoms with Crippen LogP contribution in [0.4, 0.5) is 5.69 Å². The summed E-state index contributed by atoms with van der Waals surface area (Å²) in [4.78, 5) is 17.1. The van der Waals surface area contributed by atoms with Gasteiger partial charge in [0.15, 0.2) is 11.0 Å². The number of carbonyl (C=O) groups excluding carboxylic acids is 1. The highest BCUT2D eigenvalue weighted by Crippen LogP contribution is 2.33. The fraction of sp³-hybridized carbons (Fsp3) is 0.222. The average Bonchev–Trinajstić information content (AvgIpc) is 3.26. The number of amides is 1. The van der Waals surface area contributed by atoms with Gasteiger partial charge in [0.05, 0.1) is 24.0 Å². The van der Waals surface area contributed by atoms with E-state index in [9.17, 15) is 4.79 Å². The van der Waals surface area contributed by atoms with Crippen molar-refractivity contribution in [3.05, 3.63) is 96.3 Å². The van der Waals surface area contributed by atoms with Crippen molar-refractivity contribution in [3.63, 3.8) is 0 Å². The van der Waals surface area contributed by atoms with Gasteiger partial charge in [0.1, 0.15) is 0 Å². The van der Waals surface area contributed by atoms with Crippen molar-refractivity contribution in [2.45, 2.75) is 34.5 Å². The lowest BCUT2D eigenvalue weighted by Gasteiger charge is -2.20. The van der Waals surface area contributed by atoms with Gasteiger partial charge in [-0.05, 0) is 50.8 Å². The molecule has 0 aliphatic carbocycles. The van der Waals surface area contributed by atoms with Gasteiger partial charge in [0.2, 0.25) is 5.91 Å². The van der Waals surface area contributed by atoms with Crippen molar-refractivity contribution >= 4 is 35.1 Å². The second kappa shape index (κ2) is 12.1. The maximum Gasteiger partial charge on any atom is 0.234 e. The fourth-order valence-corrected chi connectivity index (χ4v) is 5.12. The Balaban J connectivity index is 1.47. The van der Waals surface area contributed by atoms with E-state index in [0.29, 0.717) is 6.54 Å². The van der Waals surface area contributed by atoms with Crippen molar-refractivity contribution in [3.8, 4) is 0 Å². The molecule has 1 N–H and O–H groups in total. The monoisotopic (exact) mass is 503 g/mol. The molecule has 1 amide bonds. The molecule has 0 unspecified atom stereocenters. The number of anilines is 1. The zero-order valence-corrected chi connectivity index (χ0v) is 21.7. The number of nitrogens with one attached hydrogen (secondary N) is 1. The minimum absolute atomic E-state index is 0.0763. The standard InChI is InChI=1S/C27H29N5OS2/c1-20(31(2)3)26-29-30-27(32(26)18-21-12-6-4-7-13-21)34-19-25(33)28-23-16-10-11-17-24(23)35-22-14-8-5-9-15-22/h4-17,20H,18-19H2,1-3H3,(H,28,33)/t20-/m0/s1. The van der Waals surface area contributed by atoms with Crippen molar-refractivity contribution in [2.75, 3.05) is 25.2 Å². The van der Waals surface area contributed by atoms with Gasteiger partial charge >= 0.3 is 0 Å². The summed E-state index contributed by atoms with van der Waals surface area (Å²) >= 11 is 3.04. The first-order chi connectivity index (χ1) is 17.0. The van der Waals surface area contributed by atoms with Crippen LogP contribution in [-0.4, -0.2) is 45.4 Å². The Morgan fingerprint density at radius 3 is 2.31 bits per heavy atom. The molecule has 0 bridgehead atoms. The second-order valence-electron chi connectivity index (χ2n) is 8.30. The van der Waals surface area contributed by atoms with Gasteiger partial charge in [0.25, 0.3) is 0 Å². The molecule has 0 aliphatic rings. The molecule has 0 aliphatic heterocycles. The fourth-order valence-electron chi connectivity index (χ4n) is 3.45. The van der Waals surface area contributed by atoms with E-state index < -0.39 is 0 Å². The summed E-state index contributed by atoms with van der Waals surface area (Å²) in [5.41, 5.74) is 1.97. The molecule has 0 saturated carbocycles. The van der Waals surface area contributed by atoms with Gasteiger partial charge in [0, 0.05) is 9.79 Å². The number of carbonyl (C=O) groups is 1. The van der Waals surface area contributed by atoms with Gasteiger partial charge in [-0.2, -0.15) is 0 Å². The number of nitrogens with zero attached hydrogens (tertiary/aromatic N) is 4. The summed E-state index contributed by atoms with van der Waals surface area (Å²) in [7, 11) is 4.05. The molecule has 6 nitrogen and oxygen atoms in total. The Morgan fingerprint density at radius 1 is 0.943 bits per heavy atom. The van der Waals surface area contributed by atoms with E-state index in [1.54, 1.807) is 11.8 Å². The van der Waals surface area contributed by atoms with Gasteiger partial charge < -0.3 is 9.88 Å². The Labute approximate surface area is 215 Å². The van der Waals surface area contributed by atoms with Crippen molar-refractivity contribution in [2.24, 2.45) is 0 Å². The van der Waals surface area contributed by atoms with E-state index >= 15 is 0 Å². The maximum absolute atomic E-state index is 12.9. The lowest BCUT2D eigenvalue weighted by atomic mass is 10.2. The van der Waals surface area contributed by atoms with Crippen molar-refractivity contribution in [1.82, 2.24) is 19.7 Å². The van der Waals surface area contributed by atoms with Crippen LogP contribution in [0.1, 0.15) is 24.4 Å². The van der Waals surface area contributed by atoms with E-state index in [1.165, 1.54) is 11.8 Å². The van der Waals surface area contributed by atoms with E-state index in [-0.39, 0.29) is 17.7 Å². The molecule has 4 aromatic rings. The van der Waals surface area contributed by atoms with Crippen LogP contribution in [0.15, 0.2) is 99.9 Å². The number of rotatable bonds is 10. The predicted octanol–water partition coefficient (Wildman–Crippen LogP) is 5.83. The number of aromatic nitrogens is 3. The normalized spacial score (nSPS) is 12.0. The van der Waals surface area contributed by atoms with Crippen LogP contribution in [0.3, 0.4) is 0 Å². The van der Waals surface area contributed by atoms with Crippen LogP contribution in [0.5, 0.6) is 0 Å².